The van der Waals surface area contributed by atoms with E-state index in [9.17, 15) is 40.7 Å². The number of aliphatic hydroxyl groups is 1. The molecule has 3 aromatic carbocycles. The van der Waals surface area contributed by atoms with Crippen LogP contribution in [0.5, 0.6) is 5.75 Å². The van der Waals surface area contributed by atoms with E-state index in [1.54, 1.807) is 13.8 Å². The van der Waals surface area contributed by atoms with Gasteiger partial charge >= 0.3 is 12.2 Å². The molecule has 0 aliphatic carbocycles. The van der Waals surface area contributed by atoms with Gasteiger partial charge in [0, 0.05) is 25.2 Å². The number of likely N-dealkylation sites (N-methyl/N-ethyl adjacent to an activating group) is 1. The highest BCUT2D eigenvalue weighted by Crippen LogP contribution is 2.36. The second-order valence-electron chi connectivity index (χ2n) is 10.7. The number of para-hydroxylation sites is 1. The minimum Gasteiger partial charge on any atom is -0.486 e. The second kappa shape index (κ2) is 13.4. The van der Waals surface area contributed by atoms with E-state index in [2.05, 4.69) is 10.6 Å². The number of carbonyl (C=O) groups excluding carboxylic acids is 2. The van der Waals surface area contributed by atoms with Gasteiger partial charge in [0.2, 0.25) is 10.0 Å². The Kier molecular flexibility index (Phi) is 10.0. The van der Waals surface area contributed by atoms with Gasteiger partial charge in [-0.2, -0.15) is 17.5 Å². The van der Waals surface area contributed by atoms with Crippen LogP contribution in [0.1, 0.15) is 29.8 Å². The third-order valence-corrected chi connectivity index (χ3v) is 9.21. The van der Waals surface area contributed by atoms with E-state index in [0.29, 0.717) is 0 Å². The minimum absolute atomic E-state index is 0.0311. The van der Waals surface area contributed by atoms with Crippen molar-refractivity contribution in [2.24, 2.45) is 5.92 Å². The number of amides is 3. The van der Waals surface area contributed by atoms with Crippen molar-refractivity contribution in [3.05, 3.63) is 83.7 Å². The van der Waals surface area contributed by atoms with Crippen molar-refractivity contribution in [2.75, 3.05) is 37.4 Å². The molecule has 1 aliphatic rings. The van der Waals surface area contributed by atoms with E-state index in [-0.39, 0.29) is 47.3 Å². The van der Waals surface area contributed by atoms with Crippen LogP contribution in [0, 0.1) is 11.7 Å². The van der Waals surface area contributed by atoms with Gasteiger partial charge in [0.25, 0.3) is 5.91 Å². The third kappa shape index (κ3) is 7.72. The van der Waals surface area contributed by atoms with Crippen LogP contribution in [0.15, 0.2) is 71.6 Å². The Morgan fingerprint density at radius 2 is 1.73 bits per heavy atom. The Hall–Kier alpha value is -4.21. The minimum atomic E-state index is -4.55. The summed E-state index contributed by atoms with van der Waals surface area (Å²) in [6, 6.07) is 11.1. The summed E-state index contributed by atoms with van der Waals surface area (Å²) in [5.74, 6) is -1.66. The maximum Gasteiger partial charge on any atom is 0.416 e. The van der Waals surface area contributed by atoms with Gasteiger partial charge in [0.15, 0.2) is 5.75 Å². The molecule has 3 atom stereocenters. The normalized spacial score (nSPS) is 18.0. The van der Waals surface area contributed by atoms with E-state index < -0.39 is 57.6 Å². The Balaban J connectivity index is 1.65. The lowest BCUT2D eigenvalue weighted by molar-refractivity contribution is -0.137. The fourth-order valence-corrected chi connectivity index (χ4v) is 5.91. The molecule has 15 heteroatoms. The van der Waals surface area contributed by atoms with E-state index in [1.807, 2.05) is 0 Å². The molecule has 0 fully saturated rings. The number of halogens is 4. The van der Waals surface area contributed by atoms with Gasteiger partial charge in [-0.3, -0.25) is 4.79 Å². The molecule has 0 bridgehead atoms. The van der Waals surface area contributed by atoms with Crippen LogP contribution in [-0.2, 0) is 16.2 Å². The molecular weight excluding hydrogens is 620 g/mol. The van der Waals surface area contributed by atoms with E-state index in [4.69, 9.17) is 4.74 Å². The molecule has 1 aliphatic heterocycles. The first-order valence-corrected chi connectivity index (χ1v) is 15.2. The van der Waals surface area contributed by atoms with Gasteiger partial charge in [0.1, 0.15) is 11.9 Å². The summed E-state index contributed by atoms with van der Waals surface area (Å²) in [4.78, 5) is 27.8. The number of urea groups is 1. The lowest BCUT2D eigenvalue weighted by atomic mass is 9.99. The number of sulfonamides is 1. The van der Waals surface area contributed by atoms with Crippen LogP contribution in [0.2, 0.25) is 0 Å². The van der Waals surface area contributed by atoms with Gasteiger partial charge in [-0.15, -0.1) is 0 Å². The fourth-order valence-electron chi connectivity index (χ4n) is 4.72. The molecule has 0 aromatic heterocycles. The van der Waals surface area contributed by atoms with E-state index in [1.165, 1.54) is 30.1 Å². The average molecular weight is 653 g/mol. The summed E-state index contributed by atoms with van der Waals surface area (Å²) in [5, 5.41) is 14.9. The largest absolute Gasteiger partial charge is 0.486 e. The zero-order chi connectivity index (χ0) is 33.1. The summed E-state index contributed by atoms with van der Waals surface area (Å²) in [7, 11) is -2.75. The summed E-state index contributed by atoms with van der Waals surface area (Å²) in [6.45, 7) is 2.92. The highest BCUT2D eigenvalue weighted by molar-refractivity contribution is 7.89. The number of fused-ring (bicyclic) bond motifs is 1. The smallest absolute Gasteiger partial charge is 0.416 e. The zero-order valence-electron chi connectivity index (χ0n) is 24.5. The van der Waals surface area contributed by atoms with Gasteiger partial charge in [0.05, 0.1) is 40.9 Å². The molecule has 0 saturated heterocycles. The van der Waals surface area contributed by atoms with Crippen molar-refractivity contribution < 1.29 is 45.4 Å². The molecular formula is C30H32F4N4O6S. The summed E-state index contributed by atoms with van der Waals surface area (Å²) in [5.41, 5.74) is -0.759. The van der Waals surface area contributed by atoms with Crippen molar-refractivity contribution in [3.63, 3.8) is 0 Å². The molecule has 4 rings (SSSR count). The molecule has 242 valence electrons. The third-order valence-electron chi connectivity index (χ3n) is 7.37. The lowest BCUT2D eigenvalue weighted by Gasteiger charge is -2.38. The first kappa shape index (κ1) is 33.7. The van der Waals surface area contributed by atoms with Gasteiger partial charge < -0.3 is 25.4 Å². The lowest BCUT2D eigenvalue weighted by Crippen LogP contribution is -2.50. The van der Waals surface area contributed by atoms with Crippen LogP contribution >= 0.6 is 0 Å². The number of carbonyl (C=O) groups is 2. The summed E-state index contributed by atoms with van der Waals surface area (Å²) < 4.78 is 86.1. The number of hydrogen-bond acceptors (Lipinski definition) is 6. The number of alkyl halides is 3. The predicted octanol–water partition coefficient (Wildman–Crippen LogP) is 5.03. The average Bonchev–Trinajstić information content (AvgIpc) is 2.98. The zero-order valence-corrected chi connectivity index (χ0v) is 25.3. The Morgan fingerprint density at radius 3 is 2.33 bits per heavy atom. The van der Waals surface area contributed by atoms with Crippen LogP contribution in [0.4, 0.5) is 33.7 Å². The number of ether oxygens (including phenoxy) is 1. The highest BCUT2D eigenvalue weighted by Gasteiger charge is 2.36. The number of aliphatic hydroxyl groups excluding tert-OH is 1. The van der Waals surface area contributed by atoms with E-state index >= 15 is 0 Å². The maximum absolute atomic E-state index is 13.7. The number of nitrogens with one attached hydrogen (secondary N) is 2. The van der Waals surface area contributed by atoms with Gasteiger partial charge in [-0.25, -0.2) is 17.6 Å². The van der Waals surface area contributed by atoms with Crippen LogP contribution in [0.25, 0.3) is 0 Å². The number of hydrogen-bond donors (Lipinski definition) is 3. The Bertz CT molecular complexity index is 1640. The second-order valence-corrected chi connectivity index (χ2v) is 12.7. The number of nitrogens with zero attached hydrogens (tertiary/aromatic N) is 2. The van der Waals surface area contributed by atoms with Crippen LogP contribution < -0.4 is 15.4 Å². The van der Waals surface area contributed by atoms with Crippen molar-refractivity contribution >= 4 is 33.3 Å². The monoisotopic (exact) mass is 652 g/mol. The van der Waals surface area contributed by atoms with Crippen molar-refractivity contribution in [3.8, 4) is 5.75 Å². The number of rotatable bonds is 8. The quantitative estimate of drug-likeness (QED) is 0.293. The molecule has 0 spiro atoms. The topological polar surface area (TPSA) is 128 Å². The Morgan fingerprint density at radius 1 is 1.09 bits per heavy atom. The standard InChI is InChI=1S/C30H32F4N4O6S/c1-18-15-38(19(2)17-39)28(40)24-5-4-6-25(36-29(41)35-22-11-7-20(8-12-22)30(32,33)34)27(24)44-26(18)16-37(3)45(42,43)23-13-9-21(31)10-14-23/h4-14,18-19,26,39H,15-17H2,1-3H3,(H2,35,36,41)/t18-,19-,26-/m0/s1. The molecule has 3 N–H and O–H groups in total. The molecule has 3 amide bonds. The molecule has 1 heterocycles. The molecule has 45 heavy (non-hydrogen) atoms. The van der Waals surface area contributed by atoms with Crippen molar-refractivity contribution in [1.29, 1.82) is 0 Å². The predicted molar refractivity (Wildman–Crippen MR) is 158 cm³/mol. The van der Waals surface area contributed by atoms with Crippen LogP contribution in [0.3, 0.4) is 0 Å². The van der Waals surface area contributed by atoms with Crippen molar-refractivity contribution in [1.82, 2.24) is 9.21 Å². The van der Waals surface area contributed by atoms with Crippen LogP contribution in [-0.4, -0.2) is 73.6 Å². The summed E-state index contributed by atoms with van der Waals surface area (Å²) >= 11 is 0. The number of benzene rings is 3. The molecule has 10 nitrogen and oxygen atoms in total. The molecule has 0 unspecified atom stereocenters. The first-order chi connectivity index (χ1) is 21.1. The Labute approximate surface area is 257 Å². The van der Waals surface area contributed by atoms with Gasteiger partial charge in [-0.1, -0.05) is 13.0 Å². The maximum atomic E-state index is 13.7. The molecule has 3 aromatic rings. The van der Waals surface area contributed by atoms with Gasteiger partial charge in [-0.05, 0) is 67.6 Å². The molecule has 0 radical (unpaired) electrons. The highest BCUT2D eigenvalue weighted by atomic mass is 32.2. The fraction of sp³-hybridized carbons (Fsp3) is 0.333. The van der Waals surface area contributed by atoms with Crippen molar-refractivity contribution in [2.45, 2.75) is 37.1 Å². The number of anilines is 2. The molecule has 0 saturated carbocycles. The first-order valence-electron chi connectivity index (χ1n) is 13.8. The summed E-state index contributed by atoms with van der Waals surface area (Å²) in [6.07, 6.45) is -5.43. The van der Waals surface area contributed by atoms with E-state index in [0.717, 1.165) is 52.8 Å². The SMILES string of the molecule is C[C@H]1CN([C@@H](C)CO)C(=O)c2cccc(NC(=O)Nc3ccc(C(F)(F)F)cc3)c2O[C@H]1CN(C)S(=O)(=O)c1ccc(F)cc1.